The van der Waals surface area contributed by atoms with Gasteiger partial charge in [0.25, 0.3) is 5.91 Å². The molecule has 0 aliphatic rings. The van der Waals surface area contributed by atoms with Crippen molar-refractivity contribution >= 4 is 34.7 Å². The maximum atomic E-state index is 12.5. The van der Waals surface area contributed by atoms with Crippen LogP contribution in [-0.2, 0) is 4.74 Å². The molecule has 0 saturated heterocycles. The minimum Gasteiger partial charge on any atom is -0.495 e. The van der Waals surface area contributed by atoms with E-state index in [4.69, 9.17) is 9.47 Å². The van der Waals surface area contributed by atoms with Crippen molar-refractivity contribution in [1.82, 2.24) is 10.2 Å². The molecule has 29 heavy (non-hydrogen) atoms. The van der Waals surface area contributed by atoms with Gasteiger partial charge in [-0.15, -0.1) is 11.3 Å². The van der Waals surface area contributed by atoms with E-state index >= 15 is 0 Å². The number of carbonyl (C=O) groups is 2. The maximum Gasteiger partial charge on any atom is 0.412 e. The molecule has 0 unspecified atom stereocenters. The molecule has 0 atom stereocenters. The summed E-state index contributed by atoms with van der Waals surface area (Å²) in [5.41, 5.74) is 1.24. The first-order chi connectivity index (χ1) is 13.7. The Kier molecular flexibility index (Phi) is 5.88. The van der Waals surface area contributed by atoms with Crippen molar-refractivity contribution in [1.29, 1.82) is 0 Å². The van der Waals surface area contributed by atoms with Gasteiger partial charge in [0.15, 0.2) is 5.69 Å². The Morgan fingerprint density at radius 3 is 2.59 bits per heavy atom. The molecule has 3 N–H and O–H groups in total. The smallest absolute Gasteiger partial charge is 0.412 e. The number of nitrogens with one attached hydrogen (secondary N) is 3. The van der Waals surface area contributed by atoms with Crippen LogP contribution < -0.4 is 15.4 Å². The fourth-order valence-electron chi connectivity index (χ4n) is 2.49. The number of methoxy groups -OCH3 is 1. The number of benzene rings is 1. The molecule has 0 bridgehead atoms. The van der Waals surface area contributed by atoms with Crippen LogP contribution in [0, 0.1) is 0 Å². The van der Waals surface area contributed by atoms with E-state index in [1.165, 1.54) is 7.11 Å². The highest BCUT2D eigenvalue weighted by atomic mass is 32.1. The summed E-state index contributed by atoms with van der Waals surface area (Å²) in [6.07, 6.45) is -0.618. The van der Waals surface area contributed by atoms with Gasteiger partial charge in [-0.2, -0.15) is 5.10 Å². The number of hydrogen-bond acceptors (Lipinski definition) is 6. The van der Waals surface area contributed by atoms with Crippen LogP contribution in [0.3, 0.4) is 0 Å². The molecule has 9 heteroatoms. The molecule has 152 valence electrons. The van der Waals surface area contributed by atoms with E-state index in [0.29, 0.717) is 17.1 Å². The number of ether oxygens (including phenoxy) is 2. The third kappa shape index (κ3) is 5.35. The predicted molar refractivity (Wildman–Crippen MR) is 113 cm³/mol. The Morgan fingerprint density at radius 1 is 1.14 bits per heavy atom. The number of H-pyrrole nitrogens is 1. The highest BCUT2D eigenvalue weighted by molar-refractivity contribution is 7.13. The van der Waals surface area contributed by atoms with Crippen LogP contribution in [0.2, 0.25) is 0 Å². The van der Waals surface area contributed by atoms with Crippen LogP contribution in [0.15, 0.2) is 41.8 Å². The number of aromatic nitrogens is 2. The zero-order chi connectivity index (χ0) is 21.0. The van der Waals surface area contributed by atoms with E-state index in [2.05, 4.69) is 20.8 Å². The summed E-state index contributed by atoms with van der Waals surface area (Å²) in [5, 5.41) is 14.3. The molecule has 2 heterocycles. The van der Waals surface area contributed by atoms with Crippen molar-refractivity contribution < 1.29 is 19.1 Å². The molecule has 2 aromatic heterocycles. The first-order valence-electron chi connectivity index (χ1n) is 8.84. The summed E-state index contributed by atoms with van der Waals surface area (Å²) in [7, 11) is 1.49. The van der Waals surface area contributed by atoms with Gasteiger partial charge in [0.1, 0.15) is 11.4 Å². The summed E-state index contributed by atoms with van der Waals surface area (Å²) in [5.74, 6) is 0.0612. The highest BCUT2D eigenvalue weighted by Crippen LogP contribution is 2.29. The third-order valence-corrected chi connectivity index (χ3v) is 4.59. The number of amides is 2. The Labute approximate surface area is 172 Å². The molecule has 0 aliphatic carbocycles. The third-order valence-electron chi connectivity index (χ3n) is 3.69. The summed E-state index contributed by atoms with van der Waals surface area (Å²) in [6.45, 7) is 5.32. The molecule has 0 radical (unpaired) electrons. The van der Waals surface area contributed by atoms with Crippen molar-refractivity contribution in [2.45, 2.75) is 26.4 Å². The summed E-state index contributed by atoms with van der Waals surface area (Å²) in [6, 6.07) is 10.5. The molecular formula is C20H22N4O4S. The van der Waals surface area contributed by atoms with Crippen LogP contribution in [0.25, 0.3) is 10.6 Å². The number of thiophene rings is 1. The van der Waals surface area contributed by atoms with Crippen LogP contribution >= 0.6 is 11.3 Å². The van der Waals surface area contributed by atoms with Gasteiger partial charge in [0.2, 0.25) is 0 Å². The van der Waals surface area contributed by atoms with Crippen molar-refractivity contribution in [3.63, 3.8) is 0 Å². The number of aromatic amines is 1. The van der Waals surface area contributed by atoms with Gasteiger partial charge in [0.05, 0.1) is 23.4 Å². The monoisotopic (exact) mass is 414 g/mol. The van der Waals surface area contributed by atoms with Crippen molar-refractivity contribution in [2.24, 2.45) is 0 Å². The quantitative estimate of drug-likeness (QED) is 0.559. The minimum atomic E-state index is -0.636. The Balaban J connectivity index is 1.74. The molecule has 2 amide bonds. The molecule has 0 spiro atoms. The Morgan fingerprint density at radius 2 is 1.93 bits per heavy atom. The van der Waals surface area contributed by atoms with Gasteiger partial charge < -0.3 is 14.8 Å². The molecule has 3 aromatic rings. The topological polar surface area (TPSA) is 105 Å². The summed E-state index contributed by atoms with van der Waals surface area (Å²) >= 11 is 1.55. The number of anilines is 2. The lowest BCUT2D eigenvalue weighted by atomic mass is 10.2. The van der Waals surface area contributed by atoms with Gasteiger partial charge in [-0.25, -0.2) is 4.79 Å². The number of hydrogen-bond donors (Lipinski definition) is 3. The SMILES string of the molecule is COc1ccc(NC(=O)c2cc(-c3cccs3)[nH]n2)cc1NC(=O)OC(C)(C)C. The van der Waals surface area contributed by atoms with Crippen LogP contribution in [-0.4, -0.2) is 34.9 Å². The van der Waals surface area contributed by atoms with E-state index in [1.54, 1.807) is 56.4 Å². The highest BCUT2D eigenvalue weighted by Gasteiger charge is 2.18. The lowest BCUT2D eigenvalue weighted by Crippen LogP contribution is -2.27. The number of nitrogens with zero attached hydrogens (tertiary/aromatic N) is 1. The van der Waals surface area contributed by atoms with Crippen molar-refractivity contribution in [2.75, 3.05) is 17.7 Å². The van der Waals surface area contributed by atoms with Gasteiger partial charge in [-0.3, -0.25) is 15.2 Å². The average Bonchev–Trinajstić information content (AvgIpc) is 3.32. The first-order valence-corrected chi connectivity index (χ1v) is 9.72. The maximum absolute atomic E-state index is 12.5. The molecule has 0 aliphatic heterocycles. The lowest BCUT2D eigenvalue weighted by Gasteiger charge is -2.20. The number of carbonyl (C=O) groups excluding carboxylic acids is 2. The molecule has 1 aromatic carbocycles. The summed E-state index contributed by atoms with van der Waals surface area (Å²) in [4.78, 5) is 25.6. The predicted octanol–water partition coefficient (Wildman–Crippen LogP) is 4.75. The largest absolute Gasteiger partial charge is 0.495 e. The zero-order valence-electron chi connectivity index (χ0n) is 16.5. The molecule has 8 nitrogen and oxygen atoms in total. The van der Waals surface area contributed by atoms with Crippen molar-refractivity contribution in [3.8, 4) is 16.3 Å². The van der Waals surface area contributed by atoms with Crippen LogP contribution in [0.1, 0.15) is 31.3 Å². The number of rotatable bonds is 5. The van der Waals surface area contributed by atoms with E-state index in [-0.39, 0.29) is 11.6 Å². The van der Waals surface area contributed by atoms with E-state index < -0.39 is 11.7 Å². The fraction of sp³-hybridized carbons (Fsp3) is 0.250. The lowest BCUT2D eigenvalue weighted by molar-refractivity contribution is 0.0635. The van der Waals surface area contributed by atoms with Gasteiger partial charge >= 0.3 is 6.09 Å². The van der Waals surface area contributed by atoms with E-state index in [1.807, 2.05) is 17.5 Å². The first kappa shape index (κ1) is 20.4. The van der Waals surface area contributed by atoms with E-state index in [9.17, 15) is 9.59 Å². The second-order valence-corrected chi connectivity index (χ2v) is 8.09. The van der Waals surface area contributed by atoms with Crippen LogP contribution in [0.4, 0.5) is 16.2 Å². The van der Waals surface area contributed by atoms with Crippen molar-refractivity contribution in [3.05, 3.63) is 47.5 Å². The molecule has 0 fully saturated rings. The minimum absolute atomic E-state index is 0.255. The Bertz CT molecular complexity index is 1010. The second kappa shape index (κ2) is 8.36. The standard InChI is InChI=1S/C20H22N4O4S/c1-20(2,3)28-19(26)22-13-10-12(7-8-16(13)27-4)21-18(25)15-11-14(23-24-15)17-6-5-9-29-17/h5-11H,1-4H3,(H,21,25)(H,22,26)(H,23,24). The van der Waals surface area contributed by atoms with Gasteiger partial charge in [-0.1, -0.05) is 6.07 Å². The fourth-order valence-corrected chi connectivity index (χ4v) is 3.18. The van der Waals surface area contributed by atoms with Gasteiger partial charge in [0, 0.05) is 5.69 Å². The zero-order valence-corrected chi connectivity index (χ0v) is 17.3. The normalized spacial score (nSPS) is 11.0. The second-order valence-electron chi connectivity index (χ2n) is 7.14. The average molecular weight is 414 g/mol. The van der Waals surface area contributed by atoms with E-state index in [0.717, 1.165) is 10.6 Å². The summed E-state index contributed by atoms with van der Waals surface area (Å²) < 4.78 is 10.5. The molecule has 0 saturated carbocycles. The molecule has 3 rings (SSSR count). The Hall–Kier alpha value is -3.33. The van der Waals surface area contributed by atoms with Gasteiger partial charge in [-0.05, 0) is 56.5 Å². The molecular weight excluding hydrogens is 392 g/mol. The van der Waals surface area contributed by atoms with Crippen LogP contribution in [0.5, 0.6) is 5.75 Å².